The third-order valence-corrected chi connectivity index (χ3v) is 6.25. The maximum Gasteiger partial charge on any atom is 0.258 e. The predicted octanol–water partition coefficient (Wildman–Crippen LogP) is 6.82. The molecule has 182 valence electrons. The van der Waals surface area contributed by atoms with E-state index in [1.807, 2.05) is 21.0 Å². The van der Waals surface area contributed by atoms with Crippen molar-refractivity contribution >= 4 is 87.4 Å². The molecule has 3 N–H and O–H groups in total. The number of fused-ring (bicyclic) bond motifs is 1. The molecule has 0 unspecified atom stereocenters. The molecule has 0 aliphatic rings. The van der Waals surface area contributed by atoms with Crippen molar-refractivity contribution in [3.8, 4) is 0 Å². The largest absolute Gasteiger partial charge is 0.349 e. The SMILES string of the molecule is Cc1c(Cl)cccc1NC(=O)c1cc(NC(=O)c2c(Cl)cccc2Cl)cc2[nH]c(N(C)C)nc12.Cl. The first-order valence-corrected chi connectivity index (χ1v) is 11.3. The summed E-state index contributed by atoms with van der Waals surface area (Å²) in [6.07, 6.45) is 0. The lowest BCUT2D eigenvalue weighted by atomic mass is 10.1. The summed E-state index contributed by atoms with van der Waals surface area (Å²) in [5.74, 6) is -0.348. The fourth-order valence-corrected chi connectivity index (χ4v) is 4.15. The van der Waals surface area contributed by atoms with E-state index in [2.05, 4.69) is 20.6 Å². The molecular formula is C24H21Cl4N5O2. The number of benzene rings is 3. The van der Waals surface area contributed by atoms with Crippen LogP contribution < -0.4 is 15.5 Å². The van der Waals surface area contributed by atoms with Crippen LogP contribution in [0, 0.1) is 6.92 Å². The molecule has 0 spiro atoms. The van der Waals surface area contributed by atoms with Crippen LogP contribution >= 0.6 is 47.2 Å². The summed E-state index contributed by atoms with van der Waals surface area (Å²) in [6, 6.07) is 13.3. The molecule has 4 aromatic rings. The highest BCUT2D eigenvalue weighted by atomic mass is 35.5. The molecule has 0 bridgehead atoms. The van der Waals surface area contributed by atoms with Crippen molar-refractivity contribution in [2.75, 3.05) is 29.6 Å². The molecule has 0 saturated heterocycles. The molecule has 7 nitrogen and oxygen atoms in total. The Labute approximate surface area is 223 Å². The van der Waals surface area contributed by atoms with E-state index in [1.54, 1.807) is 53.4 Å². The highest BCUT2D eigenvalue weighted by molar-refractivity contribution is 6.40. The van der Waals surface area contributed by atoms with E-state index in [-0.39, 0.29) is 33.6 Å². The number of carbonyl (C=O) groups is 2. The van der Waals surface area contributed by atoms with E-state index >= 15 is 0 Å². The summed E-state index contributed by atoms with van der Waals surface area (Å²) in [5, 5.41) is 6.64. The Morgan fingerprint density at radius 2 is 1.54 bits per heavy atom. The minimum atomic E-state index is -0.501. The topological polar surface area (TPSA) is 90.1 Å². The molecule has 4 rings (SSSR count). The highest BCUT2D eigenvalue weighted by Crippen LogP contribution is 2.29. The summed E-state index contributed by atoms with van der Waals surface area (Å²) in [5.41, 5.74) is 3.12. The Hall–Kier alpha value is -2.97. The third kappa shape index (κ3) is 5.49. The van der Waals surface area contributed by atoms with E-state index in [1.165, 1.54) is 0 Å². The van der Waals surface area contributed by atoms with Crippen molar-refractivity contribution in [2.24, 2.45) is 0 Å². The number of anilines is 3. The van der Waals surface area contributed by atoms with Crippen molar-refractivity contribution in [3.63, 3.8) is 0 Å². The normalized spacial score (nSPS) is 10.6. The van der Waals surface area contributed by atoms with Gasteiger partial charge < -0.3 is 20.5 Å². The number of H-pyrrole nitrogens is 1. The van der Waals surface area contributed by atoms with Crippen molar-refractivity contribution in [1.82, 2.24) is 9.97 Å². The third-order valence-electron chi connectivity index (χ3n) is 5.21. The number of aromatic nitrogens is 2. The van der Waals surface area contributed by atoms with Crippen LogP contribution in [0.2, 0.25) is 15.1 Å². The first-order valence-electron chi connectivity index (χ1n) is 10.2. The highest BCUT2D eigenvalue weighted by Gasteiger charge is 2.20. The number of nitrogens with zero attached hydrogens (tertiary/aromatic N) is 2. The number of amides is 2. The number of nitrogens with one attached hydrogen (secondary N) is 3. The maximum absolute atomic E-state index is 13.3. The van der Waals surface area contributed by atoms with Gasteiger partial charge in [0.05, 0.1) is 26.7 Å². The second kappa shape index (κ2) is 10.7. The van der Waals surface area contributed by atoms with E-state index in [0.717, 1.165) is 5.56 Å². The van der Waals surface area contributed by atoms with Crippen LogP contribution in [0.25, 0.3) is 11.0 Å². The lowest BCUT2D eigenvalue weighted by Crippen LogP contribution is -2.16. The van der Waals surface area contributed by atoms with Gasteiger partial charge in [-0.3, -0.25) is 9.59 Å². The van der Waals surface area contributed by atoms with Gasteiger partial charge in [0.1, 0.15) is 5.52 Å². The number of imidazole rings is 1. The second-order valence-corrected chi connectivity index (χ2v) is 9.01. The summed E-state index contributed by atoms with van der Waals surface area (Å²) in [4.78, 5) is 35.7. The molecule has 11 heteroatoms. The number of rotatable bonds is 5. The zero-order chi connectivity index (χ0) is 24.6. The fraction of sp³-hybridized carbons (Fsp3) is 0.125. The predicted molar refractivity (Wildman–Crippen MR) is 146 cm³/mol. The monoisotopic (exact) mass is 551 g/mol. The molecule has 35 heavy (non-hydrogen) atoms. The van der Waals surface area contributed by atoms with Crippen molar-refractivity contribution in [3.05, 3.63) is 80.3 Å². The molecule has 0 radical (unpaired) electrons. The molecule has 0 atom stereocenters. The first-order chi connectivity index (χ1) is 16.2. The van der Waals surface area contributed by atoms with Gasteiger partial charge in [0.2, 0.25) is 5.95 Å². The minimum absolute atomic E-state index is 0. The number of aromatic amines is 1. The Kier molecular flexibility index (Phi) is 8.18. The summed E-state index contributed by atoms with van der Waals surface area (Å²) in [7, 11) is 3.66. The standard InChI is InChI=1S/C24H20Cl3N5O2.ClH/c1-12-15(25)6-5-9-18(12)29-22(33)14-10-13(11-19-21(14)31-24(30-19)32(2)3)28-23(34)20-16(26)7-4-8-17(20)27;/h4-11H,1-3H3,(H,28,34)(H,29,33)(H,30,31);1H. The van der Waals surface area contributed by atoms with Gasteiger partial charge in [-0.25, -0.2) is 4.98 Å². The van der Waals surface area contributed by atoms with Crippen LogP contribution in [-0.4, -0.2) is 35.9 Å². The van der Waals surface area contributed by atoms with Crippen LogP contribution in [0.5, 0.6) is 0 Å². The number of hydrogen-bond acceptors (Lipinski definition) is 4. The van der Waals surface area contributed by atoms with Gasteiger partial charge in [-0.1, -0.05) is 46.9 Å². The Morgan fingerprint density at radius 3 is 2.20 bits per heavy atom. The minimum Gasteiger partial charge on any atom is -0.349 e. The molecular weight excluding hydrogens is 532 g/mol. The average Bonchev–Trinajstić information content (AvgIpc) is 3.21. The van der Waals surface area contributed by atoms with Crippen molar-refractivity contribution in [2.45, 2.75) is 6.92 Å². The van der Waals surface area contributed by atoms with Gasteiger partial charge in [0, 0.05) is 30.5 Å². The van der Waals surface area contributed by atoms with Crippen LogP contribution in [0.4, 0.5) is 17.3 Å². The van der Waals surface area contributed by atoms with Gasteiger partial charge in [0.15, 0.2) is 0 Å². The van der Waals surface area contributed by atoms with Gasteiger partial charge in [-0.2, -0.15) is 0 Å². The van der Waals surface area contributed by atoms with Crippen LogP contribution in [0.15, 0.2) is 48.5 Å². The Morgan fingerprint density at radius 1 is 0.914 bits per heavy atom. The lowest BCUT2D eigenvalue weighted by Gasteiger charge is -2.12. The molecule has 1 heterocycles. The van der Waals surface area contributed by atoms with Gasteiger partial charge in [-0.15, -0.1) is 12.4 Å². The molecule has 1 aromatic heterocycles. The van der Waals surface area contributed by atoms with Crippen LogP contribution in [0.3, 0.4) is 0 Å². The average molecular weight is 553 g/mol. The summed E-state index contributed by atoms with van der Waals surface area (Å²) < 4.78 is 0. The van der Waals surface area contributed by atoms with E-state index in [0.29, 0.717) is 33.4 Å². The van der Waals surface area contributed by atoms with E-state index in [9.17, 15) is 9.59 Å². The second-order valence-electron chi connectivity index (χ2n) is 7.79. The molecule has 0 fully saturated rings. The van der Waals surface area contributed by atoms with Gasteiger partial charge in [-0.05, 0) is 48.9 Å². The van der Waals surface area contributed by atoms with Gasteiger partial charge >= 0.3 is 0 Å². The van der Waals surface area contributed by atoms with E-state index < -0.39 is 11.8 Å². The quantitative estimate of drug-likeness (QED) is 0.253. The zero-order valence-electron chi connectivity index (χ0n) is 18.9. The first kappa shape index (κ1) is 26.6. The zero-order valence-corrected chi connectivity index (χ0v) is 22.0. The molecule has 0 aliphatic heterocycles. The Bertz CT molecular complexity index is 1410. The summed E-state index contributed by atoms with van der Waals surface area (Å²) in [6.45, 7) is 1.82. The van der Waals surface area contributed by atoms with Crippen molar-refractivity contribution < 1.29 is 9.59 Å². The maximum atomic E-state index is 13.3. The number of hydrogen-bond donors (Lipinski definition) is 3. The Balaban J connectivity index is 0.00000342. The van der Waals surface area contributed by atoms with Crippen LogP contribution in [-0.2, 0) is 0 Å². The molecule has 3 aromatic carbocycles. The molecule has 0 aliphatic carbocycles. The van der Waals surface area contributed by atoms with Crippen molar-refractivity contribution in [1.29, 1.82) is 0 Å². The lowest BCUT2D eigenvalue weighted by molar-refractivity contribution is 0.101. The molecule has 0 saturated carbocycles. The number of carbonyl (C=O) groups excluding carboxylic acids is 2. The fourth-order valence-electron chi connectivity index (χ4n) is 3.40. The van der Waals surface area contributed by atoms with Gasteiger partial charge in [0.25, 0.3) is 11.8 Å². The summed E-state index contributed by atoms with van der Waals surface area (Å²) >= 11 is 18.6. The smallest absolute Gasteiger partial charge is 0.258 e. The van der Waals surface area contributed by atoms with Crippen LogP contribution in [0.1, 0.15) is 26.3 Å². The number of halogens is 4. The van der Waals surface area contributed by atoms with E-state index in [4.69, 9.17) is 34.8 Å². The molecule has 2 amide bonds.